The van der Waals surface area contributed by atoms with E-state index in [2.05, 4.69) is 4.90 Å². The minimum absolute atomic E-state index is 0.247. The van der Waals surface area contributed by atoms with Crippen LogP contribution < -0.4 is 4.90 Å². The number of aromatic carboxylic acids is 1. The van der Waals surface area contributed by atoms with Crippen LogP contribution in [0.4, 0.5) is 5.69 Å². The first kappa shape index (κ1) is 13.9. The normalized spacial score (nSPS) is 18.9. The van der Waals surface area contributed by atoms with Gasteiger partial charge in [0.15, 0.2) is 0 Å². The molecule has 110 valence electrons. The van der Waals surface area contributed by atoms with Gasteiger partial charge in [0, 0.05) is 31.3 Å². The molecule has 3 rings (SSSR count). The highest BCUT2D eigenvalue weighted by Gasteiger charge is 2.22. The highest BCUT2D eigenvalue weighted by atomic mass is 16.5. The third kappa shape index (κ3) is 2.59. The van der Waals surface area contributed by atoms with E-state index in [1.54, 1.807) is 13.2 Å². The number of hydrogen-bond donors (Lipinski definition) is 1. The van der Waals surface area contributed by atoms with E-state index < -0.39 is 5.97 Å². The molecule has 21 heavy (non-hydrogen) atoms. The van der Waals surface area contributed by atoms with Gasteiger partial charge in [-0.15, -0.1) is 0 Å². The van der Waals surface area contributed by atoms with Crippen LogP contribution in [-0.4, -0.2) is 37.4 Å². The summed E-state index contributed by atoms with van der Waals surface area (Å²) >= 11 is 0. The molecule has 1 aliphatic heterocycles. The molecule has 1 aliphatic rings. The van der Waals surface area contributed by atoms with Crippen molar-refractivity contribution >= 4 is 22.4 Å². The van der Waals surface area contributed by atoms with Gasteiger partial charge in [-0.3, -0.25) is 0 Å². The number of methoxy groups -OCH3 is 1. The van der Waals surface area contributed by atoms with Crippen LogP contribution in [0.3, 0.4) is 0 Å². The molecule has 0 aliphatic carbocycles. The largest absolute Gasteiger partial charge is 0.478 e. The van der Waals surface area contributed by atoms with Gasteiger partial charge in [0.1, 0.15) is 0 Å². The van der Waals surface area contributed by atoms with Crippen LogP contribution in [0.15, 0.2) is 36.4 Å². The zero-order valence-electron chi connectivity index (χ0n) is 12.1. The second kappa shape index (κ2) is 5.74. The zero-order chi connectivity index (χ0) is 14.8. The number of hydrogen-bond acceptors (Lipinski definition) is 3. The van der Waals surface area contributed by atoms with E-state index in [1.807, 2.05) is 30.3 Å². The Hall–Kier alpha value is -2.07. The van der Waals surface area contributed by atoms with Crippen molar-refractivity contribution in [2.75, 3.05) is 25.1 Å². The molecule has 0 aromatic heterocycles. The quantitative estimate of drug-likeness (QED) is 0.941. The number of ether oxygens (including phenoxy) is 1. The third-order valence-electron chi connectivity index (χ3n) is 4.18. The van der Waals surface area contributed by atoms with Crippen LogP contribution in [0.2, 0.25) is 0 Å². The first-order valence-corrected chi connectivity index (χ1v) is 7.23. The summed E-state index contributed by atoms with van der Waals surface area (Å²) in [5, 5.41) is 11.1. The Bertz CT molecular complexity index is 668. The van der Waals surface area contributed by atoms with Gasteiger partial charge in [-0.2, -0.15) is 0 Å². The van der Waals surface area contributed by atoms with Crippen molar-refractivity contribution in [3.05, 3.63) is 42.0 Å². The zero-order valence-corrected chi connectivity index (χ0v) is 12.1. The van der Waals surface area contributed by atoms with Crippen LogP contribution in [0.5, 0.6) is 0 Å². The molecule has 0 bridgehead atoms. The molecule has 4 heteroatoms. The number of piperidine rings is 1. The predicted molar refractivity (Wildman–Crippen MR) is 83.2 cm³/mol. The molecule has 1 saturated heterocycles. The first-order chi connectivity index (χ1) is 10.2. The lowest BCUT2D eigenvalue weighted by molar-refractivity contribution is 0.0699. The SMILES string of the molecule is COC1CCCN(c2ccc(C(=O)O)c3ccccc23)C1. The van der Waals surface area contributed by atoms with Gasteiger partial charge in [0.2, 0.25) is 0 Å². The lowest BCUT2D eigenvalue weighted by Gasteiger charge is -2.34. The smallest absolute Gasteiger partial charge is 0.336 e. The summed E-state index contributed by atoms with van der Waals surface area (Å²) in [6.45, 7) is 1.84. The van der Waals surface area contributed by atoms with Crippen LogP contribution in [0.1, 0.15) is 23.2 Å². The summed E-state index contributed by atoms with van der Waals surface area (Å²) in [4.78, 5) is 13.7. The summed E-state index contributed by atoms with van der Waals surface area (Å²) in [7, 11) is 1.75. The highest BCUT2D eigenvalue weighted by molar-refractivity contribution is 6.07. The van der Waals surface area contributed by atoms with E-state index in [9.17, 15) is 9.90 Å². The molecule has 0 radical (unpaired) electrons. The van der Waals surface area contributed by atoms with Crippen molar-refractivity contribution in [1.82, 2.24) is 0 Å². The average Bonchev–Trinajstić information content (AvgIpc) is 2.53. The van der Waals surface area contributed by atoms with Gasteiger partial charge in [-0.1, -0.05) is 24.3 Å². The van der Waals surface area contributed by atoms with Gasteiger partial charge < -0.3 is 14.7 Å². The van der Waals surface area contributed by atoms with Crippen LogP contribution >= 0.6 is 0 Å². The van der Waals surface area contributed by atoms with Crippen molar-refractivity contribution < 1.29 is 14.6 Å². The molecule has 1 atom stereocenters. The minimum Gasteiger partial charge on any atom is -0.478 e. The van der Waals surface area contributed by atoms with Crippen molar-refractivity contribution in [3.8, 4) is 0 Å². The fraction of sp³-hybridized carbons (Fsp3) is 0.353. The fourth-order valence-electron chi connectivity index (χ4n) is 3.09. The molecule has 2 aromatic rings. The van der Waals surface area contributed by atoms with Crippen molar-refractivity contribution in [3.63, 3.8) is 0 Å². The second-order valence-electron chi connectivity index (χ2n) is 5.43. The summed E-state index contributed by atoms with van der Waals surface area (Å²) in [5.41, 5.74) is 1.45. The summed E-state index contributed by atoms with van der Waals surface area (Å²) in [6, 6.07) is 11.3. The Morgan fingerprint density at radius 3 is 2.71 bits per heavy atom. The number of carboxylic acids is 1. The molecule has 0 spiro atoms. The van der Waals surface area contributed by atoms with E-state index in [-0.39, 0.29) is 6.10 Å². The molecule has 1 N–H and O–H groups in total. The van der Waals surface area contributed by atoms with Gasteiger partial charge in [-0.25, -0.2) is 4.79 Å². The lowest BCUT2D eigenvalue weighted by atomic mass is 10.00. The number of anilines is 1. The van der Waals surface area contributed by atoms with Gasteiger partial charge in [0.25, 0.3) is 0 Å². The Morgan fingerprint density at radius 2 is 2.00 bits per heavy atom. The summed E-state index contributed by atoms with van der Waals surface area (Å²) in [6.07, 6.45) is 2.42. The number of rotatable bonds is 3. The standard InChI is InChI=1S/C17H19NO3/c1-21-12-5-4-10-18(11-12)16-9-8-15(17(19)20)13-6-2-3-7-14(13)16/h2-3,6-9,12H,4-5,10-11H2,1H3,(H,19,20). The summed E-state index contributed by atoms with van der Waals surface area (Å²) in [5.74, 6) is -0.883. The number of benzene rings is 2. The van der Waals surface area contributed by atoms with E-state index in [0.717, 1.165) is 42.4 Å². The maximum absolute atomic E-state index is 11.4. The molecule has 2 aromatic carbocycles. The lowest BCUT2D eigenvalue weighted by Crippen LogP contribution is -2.39. The minimum atomic E-state index is -0.883. The number of nitrogens with zero attached hydrogens (tertiary/aromatic N) is 1. The average molecular weight is 285 g/mol. The Balaban J connectivity index is 2.07. The Kier molecular flexibility index (Phi) is 3.80. The molecule has 1 heterocycles. The van der Waals surface area contributed by atoms with E-state index in [0.29, 0.717) is 5.56 Å². The first-order valence-electron chi connectivity index (χ1n) is 7.23. The maximum Gasteiger partial charge on any atom is 0.336 e. The number of carboxylic acid groups (broad SMARTS) is 1. The molecule has 4 nitrogen and oxygen atoms in total. The van der Waals surface area contributed by atoms with Gasteiger partial charge in [-0.05, 0) is 30.4 Å². The van der Waals surface area contributed by atoms with E-state index in [1.165, 1.54) is 0 Å². The van der Waals surface area contributed by atoms with Crippen LogP contribution in [0, 0.1) is 0 Å². The topological polar surface area (TPSA) is 49.8 Å². The summed E-state index contributed by atoms with van der Waals surface area (Å²) < 4.78 is 5.48. The van der Waals surface area contributed by atoms with Crippen molar-refractivity contribution in [2.24, 2.45) is 0 Å². The van der Waals surface area contributed by atoms with Gasteiger partial charge >= 0.3 is 5.97 Å². The Labute approximate surface area is 123 Å². The molecular weight excluding hydrogens is 266 g/mol. The van der Waals surface area contributed by atoms with E-state index in [4.69, 9.17) is 4.74 Å². The number of carbonyl (C=O) groups is 1. The maximum atomic E-state index is 11.4. The van der Waals surface area contributed by atoms with Crippen LogP contribution in [-0.2, 0) is 4.74 Å². The molecule has 0 amide bonds. The van der Waals surface area contributed by atoms with Crippen molar-refractivity contribution in [2.45, 2.75) is 18.9 Å². The predicted octanol–water partition coefficient (Wildman–Crippen LogP) is 3.15. The molecule has 0 saturated carbocycles. The van der Waals surface area contributed by atoms with E-state index >= 15 is 0 Å². The molecular formula is C17H19NO3. The highest BCUT2D eigenvalue weighted by Crippen LogP contribution is 2.31. The molecule has 1 unspecified atom stereocenters. The number of fused-ring (bicyclic) bond motifs is 1. The fourth-order valence-corrected chi connectivity index (χ4v) is 3.09. The van der Waals surface area contributed by atoms with Crippen LogP contribution in [0.25, 0.3) is 10.8 Å². The Morgan fingerprint density at radius 1 is 1.24 bits per heavy atom. The third-order valence-corrected chi connectivity index (χ3v) is 4.18. The monoisotopic (exact) mass is 285 g/mol. The van der Waals surface area contributed by atoms with Crippen molar-refractivity contribution in [1.29, 1.82) is 0 Å². The molecule has 1 fully saturated rings. The van der Waals surface area contributed by atoms with Gasteiger partial charge in [0.05, 0.1) is 11.7 Å². The second-order valence-corrected chi connectivity index (χ2v) is 5.43.